The fourth-order valence-electron chi connectivity index (χ4n) is 2.42. The topological polar surface area (TPSA) is 42.1 Å². The summed E-state index contributed by atoms with van der Waals surface area (Å²) in [5.41, 5.74) is 8.13. The first kappa shape index (κ1) is 13.3. The van der Waals surface area contributed by atoms with Crippen molar-refractivity contribution < 1.29 is 0 Å². The van der Waals surface area contributed by atoms with Crippen LogP contribution in [-0.4, -0.2) is 24.1 Å². The van der Waals surface area contributed by atoms with Crippen LogP contribution < -0.4 is 10.6 Å². The molecule has 1 aliphatic rings. The average Bonchev–Trinajstić information content (AvgIpc) is 3.10. The molecule has 1 aromatic heterocycles. The highest BCUT2D eigenvalue weighted by atomic mass is 15.2. The third-order valence-corrected chi connectivity index (χ3v) is 3.36. The van der Waals surface area contributed by atoms with Crippen LogP contribution in [0.2, 0.25) is 0 Å². The third-order valence-electron chi connectivity index (χ3n) is 3.36. The van der Waals surface area contributed by atoms with Crippen molar-refractivity contribution in [3.8, 4) is 0 Å². The maximum absolute atomic E-state index is 5.59. The number of pyridine rings is 1. The minimum absolute atomic E-state index is 0.676. The molecule has 0 aromatic carbocycles. The molecule has 18 heavy (non-hydrogen) atoms. The van der Waals surface area contributed by atoms with E-state index in [0.29, 0.717) is 12.5 Å². The zero-order chi connectivity index (χ0) is 13.1. The van der Waals surface area contributed by atoms with Gasteiger partial charge in [0.15, 0.2) is 0 Å². The number of aryl methyl sites for hydroxylation is 1. The molecule has 100 valence electrons. The molecule has 1 heterocycles. The van der Waals surface area contributed by atoms with Gasteiger partial charge in [-0.15, -0.1) is 0 Å². The van der Waals surface area contributed by atoms with Crippen LogP contribution in [0.1, 0.15) is 37.8 Å². The van der Waals surface area contributed by atoms with Crippen molar-refractivity contribution in [1.29, 1.82) is 0 Å². The van der Waals surface area contributed by atoms with Crippen molar-refractivity contribution in [1.82, 2.24) is 4.98 Å². The van der Waals surface area contributed by atoms with Gasteiger partial charge in [-0.05, 0) is 49.8 Å². The zero-order valence-electron chi connectivity index (χ0n) is 11.8. The summed E-state index contributed by atoms with van der Waals surface area (Å²) >= 11 is 0. The molecule has 0 amide bonds. The second-order valence-corrected chi connectivity index (χ2v) is 5.80. The van der Waals surface area contributed by atoms with E-state index in [1.54, 1.807) is 0 Å². The SMILES string of the molecule is Cc1cc(CCN)cnc1N(CC(C)C)C1CC1. The van der Waals surface area contributed by atoms with Crippen molar-refractivity contribution in [2.45, 2.75) is 46.1 Å². The summed E-state index contributed by atoms with van der Waals surface area (Å²) in [5.74, 6) is 1.85. The number of aromatic nitrogens is 1. The fraction of sp³-hybridized carbons (Fsp3) is 0.667. The lowest BCUT2D eigenvalue weighted by Crippen LogP contribution is -2.31. The van der Waals surface area contributed by atoms with Gasteiger partial charge in [-0.1, -0.05) is 19.9 Å². The lowest BCUT2D eigenvalue weighted by molar-refractivity contribution is 0.601. The summed E-state index contributed by atoms with van der Waals surface area (Å²) in [4.78, 5) is 7.17. The van der Waals surface area contributed by atoms with Gasteiger partial charge in [-0.2, -0.15) is 0 Å². The van der Waals surface area contributed by atoms with Crippen molar-refractivity contribution in [3.63, 3.8) is 0 Å². The van der Waals surface area contributed by atoms with Crippen LogP contribution in [-0.2, 0) is 6.42 Å². The average molecular weight is 247 g/mol. The molecule has 3 nitrogen and oxygen atoms in total. The number of nitrogens with two attached hydrogens (primary N) is 1. The van der Waals surface area contributed by atoms with Gasteiger partial charge in [-0.25, -0.2) is 4.98 Å². The van der Waals surface area contributed by atoms with Gasteiger partial charge in [-0.3, -0.25) is 0 Å². The number of nitrogens with zero attached hydrogens (tertiary/aromatic N) is 2. The molecular formula is C15H25N3. The molecule has 0 bridgehead atoms. The maximum atomic E-state index is 5.59. The second-order valence-electron chi connectivity index (χ2n) is 5.80. The summed E-state index contributed by atoms with van der Waals surface area (Å²) in [6.07, 6.45) is 5.55. The Bertz CT molecular complexity index is 397. The lowest BCUT2D eigenvalue weighted by atomic mass is 10.1. The molecule has 0 aliphatic heterocycles. The molecular weight excluding hydrogens is 222 g/mol. The summed E-state index contributed by atoms with van der Waals surface area (Å²) < 4.78 is 0. The molecule has 2 N–H and O–H groups in total. The smallest absolute Gasteiger partial charge is 0.131 e. The minimum atomic E-state index is 0.676. The van der Waals surface area contributed by atoms with Gasteiger partial charge in [0.25, 0.3) is 0 Å². The van der Waals surface area contributed by atoms with Crippen LogP contribution in [0.4, 0.5) is 5.82 Å². The second kappa shape index (κ2) is 5.70. The standard InChI is InChI=1S/C15H25N3/c1-11(2)10-18(14-4-5-14)15-12(3)8-13(6-7-16)9-17-15/h8-9,11,14H,4-7,10,16H2,1-3H3. The number of hydrogen-bond acceptors (Lipinski definition) is 3. The molecule has 0 unspecified atom stereocenters. The van der Waals surface area contributed by atoms with Crippen LogP contribution in [0.25, 0.3) is 0 Å². The van der Waals surface area contributed by atoms with Crippen LogP contribution in [0.3, 0.4) is 0 Å². The predicted molar refractivity (Wildman–Crippen MR) is 76.9 cm³/mol. The Morgan fingerprint density at radius 1 is 1.44 bits per heavy atom. The van der Waals surface area contributed by atoms with Crippen molar-refractivity contribution in [2.24, 2.45) is 11.7 Å². The van der Waals surface area contributed by atoms with Crippen LogP contribution in [0.5, 0.6) is 0 Å². The van der Waals surface area contributed by atoms with E-state index in [-0.39, 0.29) is 0 Å². The predicted octanol–water partition coefficient (Wildman–Crippen LogP) is 2.52. The van der Waals surface area contributed by atoms with E-state index in [4.69, 9.17) is 5.73 Å². The summed E-state index contributed by atoms with van der Waals surface area (Å²) in [7, 11) is 0. The third kappa shape index (κ3) is 3.22. The van der Waals surface area contributed by atoms with E-state index in [1.165, 1.54) is 29.8 Å². The Balaban J connectivity index is 2.19. The highest BCUT2D eigenvalue weighted by Crippen LogP contribution is 2.33. The van der Waals surface area contributed by atoms with Crippen molar-refractivity contribution in [2.75, 3.05) is 18.0 Å². The fourth-order valence-corrected chi connectivity index (χ4v) is 2.42. The molecule has 1 aliphatic carbocycles. The van der Waals surface area contributed by atoms with E-state index in [1.807, 2.05) is 6.20 Å². The Labute approximate surface area is 110 Å². The largest absolute Gasteiger partial charge is 0.353 e. The molecule has 0 radical (unpaired) electrons. The van der Waals surface area contributed by atoms with Crippen molar-refractivity contribution >= 4 is 5.82 Å². The molecule has 1 aromatic rings. The number of rotatable bonds is 6. The summed E-state index contributed by atoms with van der Waals surface area (Å²) in [6.45, 7) is 8.51. The van der Waals surface area contributed by atoms with Gasteiger partial charge < -0.3 is 10.6 Å². The molecule has 1 fully saturated rings. The van der Waals surface area contributed by atoms with E-state index in [2.05, 4.69) is 36.7 Å². The Morgan fingerprint density at radius 3 is 2.67 bits per heavy atom. The number of anilines is 1. The first-order valence-corrected chi connectivity index (χ1v) is 7.04. The van der Waals surface area contributed by atoms with Crippen LogP contribution in [0, 0.1) is 12.8 Å². The first-order valence-electron chi connectivity index (χ1n) is 7.04. The molecule has 0 saturated heterocycles. The monoisotopic (exact) mass is 247 g/mol. The van der Waals surface area contributed by atoms with Crippen LogP contribution >= 0.6 is 0 Å². The zero-order valence-corrected chi connectivity index (χ0v) is 11.8. The molecule has 0 spiro atoms. The van der Waals surface area contributed by atoms with E-state index in [9.17, 15) is 0 Å². The minimum Gasteiger partial charge on any atom is -0.353 e. The van der Waals surface area contributed by atoms with Gasteiger partial charge >= 0.3 is 0 Å². The van der Waals surface area contributed by atoms with Gasteiger partial charge in [0.05, 0.1) is 0 Å². The first-order chi connectivity index (χ1) is 8.61. The molecule has 2 rings (SSSR count). The maximum Gasteiger partial charge on any atom is 0.131 e. The highest BCUT2D eigenvalue weighted by Gasteiger charge is 2.31. The Kier molecular flexibility index (Phi) is 4.23. The van der Waals surface area contributed by atoms with E-state index >= 15 is 0 Å². The lowest BCUT2D eigenvalue weighted by Gasteiger charge is -2.27. The molecule has 3 heteroatoms. The van der Waals surface area contributed by atoms with E-state index < -0.39 is 0 Å². The summed E-state index contributed by atoms with van der Waals surface area (Å²) in [6, 6.07) is 2.96. The molecule has 0 atom stereocenters. The Hall–Kier alpha value is -1.09. The summed E-state index contributed by atoms with van der Waals surface area (Å²) in [5, 5.41) is 0. The Morgan fingerprint density at radius 2 is 2.17 bits per heavy atom. The van der Waals surface area contributed by atoms with Gasteiger partial charge in [0.1, 0.15) is 5.82 Å². The van der Waals surface area contributed by atoms with Gasteiger partial charge in [0, 0.05) is 18.8 Å². The molecule has 1 saturated carbocycles. The van der Waals surface area contributed by atoms with Gasteiger partial charge in [0.2, 0.25) is 0 Å². The quantitative estimate of drug-likeness (QED) is 0.840. The normalized spacial score (nSPS) is 15.2. The van der Waals surface area contributed by atoms with Crippen molar-refractivity contribution in [3.05, 3.63) is 23.4 Å². The van der Waals surface area contributed by atoms with E-state index in [0.717, 1.165) is 19.0 Å². The van der Waals surface area contributed by atoms with Crippen LogP contribution in [0.15, 0.2) is 12.3 Å². The highest BCUT2D eigenvalue weighted by molar-refractivity contribution is 5.49. The number of hydrogen-bond donors (Lipinski definition) is 1.